The molecule has 0 saturated carbocycles. The summed E-state index contributed by atoms with van der Waals surface area (Å²) in [7, 11) is -1.07. The Morgan fingerprint density at radius 3 is 2.70 bits per heavy atom. The minimum atomic E-state index is -2.94. The van der Waals surface area contributed by atoms with Gasteiger partial charge in [-0.05, 0) is 19.2 Å². The fraction of sp³-hybridized carbons (Fsp3) is 0.357. The van der Waals surface area contributed by atoms with Crippen LogP contribution in [0.15, 0.2) is 30.3 Å². The average Bonchev–Trinajstić information content (AvgIpc) is 2.36. The van der Waals surface area contributed by atoms with Crippen molar-refractivity contribution in [2.75, 3.05) is 31.3 Å². The Balaban J connectivity index is 2.14. The van der Waals surface area contributed by atoms with Crippen LogP contribution in [0, 0.1) is 0 Å². The SMILES string of the molecule is CN(CCS(C)(=O)=O)Cc1cc2ccccc2nc1N. The van der Waals surface area contributed by atoms with Gasteiger partial charge in [-0.2, -0.15) is 0 Å². The number of nitrogens with two attached hydrogens (primary N) is 1. The Morgan fingerprint density at radius 1 is 1.30 bits per heavy atom. The van der Waals surface area contributed by atoms with E-state index in [1.165, 1.54) is 6.26 Å². The van der Waals surface area contributed by atoms with E-state index in [0.29, 0.717) is 18.9 Å². The topological polar surface area (TPSA) is 76.3 Å². The Morgan fingerprint density at radius 2 is 2.00 bits per heavy atom. The van der Waals surface area contributed by atoms with Gasteiger partial charge in [0.1, 0.15) is 15.7 Å². The van der Waals surface area contributed by atoms with E-state index in [-0.39, 0.29) is 5.75 Å². The number of fused-ring (bicyclic) bond motifs is 1. The van der Waals surface area contributed by atoms with E-state index in [1.807, 2.05) is 42.3 Å². The van der Waals surface area contributed by atoms with Crippen LogP contribution in [0.1, 0.15) is 5.56 Å². The van der Waals surface area contributed by atoms with Crippen molar-refractivity contribution in [2.24, 2.45) is 0 Å². The largest absolute Gasteiger partial charge is 0.383 e. The van der Waals surface area contributed by atoms with E-state index < -0.39 is 9.84 Å². The van der Waals surface area contributed by atoms with Crippen LogP contribution in [0.25, 0.3) is 10.9 Å². The van der Waals surface area contributed by atoms with Gasteiger partial charge < -0.3 is 10.6 Å². The van der Waals surface area contributed by atoms with Crippen LogP contribution in [0.3, 0.4) is 0 Å². The van der Waals surface area contributed by atoms with Gasteiger partial charge in [0.25, 0.3) is 0 Å². The number of nitrogen functional groups attached to an aromatic ring is 1. The van der Waals surface area contributed by atoms with Crippen LogP contribution in [0.5, 0.6) is 0 Å². The van der Waals surface area contributed by atoms with Crippen LogP contribution in [0.4, 0.5) is 5.82 Å². The van der Waals surface area contributed by atoms with Gasteiger partial charge in [0.15, 0.2) is 0 Å². The molecule has 0 aliphatic heterocycles. The lowest BCUT2D eigenvalue weighted by molar-refractivity contribution is 0.346. The molecule has 0 radical (unpaired) electrons. The summed E-state index contributed by atoms with van der Waals surface area (Å²) < 4.78 is 22.3. The van der Waals surface area contributed by atoms with Crippen LogP contribution in [-0.4, -0.2) is 43.9 Å². The first kappa shape index (κ1) is 14.7. The minimum Gasteiger partial charge on any atom is -0.383 e. The highest BCUT2D eigenvalue weighted by molar-refractivity contribution is 7.90. The standard InChI is InChI=1S/C14H19N3O2S/c1-17(7-8-20(2,18)19)10-12-9-11-5-3-4-6-13(11)16-14(12)15/h3-6,9H,7-8,10H2,1-2H3,(H2,15,16). The lowest BCUT2D eigenvalue weighted by atomic mass is 10.1. The van der Waals surface area contributed by atoms with Crippen molar-refractivity contribution in [3.8, 4) is 0 Å². The van der Waals surface area contributed by atoms with E-state index in [0.717, 1.165) is 16.5 Å². The molecule has 0 spiro atoms. The fourth-order valence-electron chi connectivity index (χ4n) is 1.99. The molecule has 0 atom stereocenters. The maximum Gasteiger partial charge on any atom is 0.148 e. The summed E-state index contributed by atoms with van der Waals surface area (Å²) in [6, 6.07) is 9.79. The number of rotatable bonds is 5. The molecule has 0 aliphatic carbocycles. The molecule has 0 fully saturated rings. The number of sulfone groups is 1. The molecule has 0 unspecified atom stereocenters. The summed E-state index contributed by atoms with van der Waals surface area (Å²) >= 11 is 0. The number of hydrogen-bond acceptors (Lipinski definition) is 5. The summed E-state index contributed by atoms with van der Waals surface area (Å²) in [5.41, 5.74) is 7.75. The summed E-state index contributed by atoms with van der Waals surface area (Å²) in [5, 5.41) is 1.04. The molecular formula is C14H19N3O2S. The molecular weight excluding hydrogens is 274 g/mol. The molecule has 1 aromatic heterocycles. The fourth-order valence-corrected chi connectivity index (χ4v) is 2.64. The van der Waals surface area contributed by atoms with Crippen LogP contribution in [-0.2, 0) is 16.4 Å². The van der Waals surface area contributed by atoms with Crippen molar-refractivity contribution in [1.29, 1.82) is 0 Å². The third kappa shape index (κ3) is 3.91. The van der Waals surface area contributed by atoms with Gasteiger partial charge in [-0.3, -0.25) is 0 Å². The molecule has 6 heteroatoms. The molecule has 0 saturated heterocycles. The number of nitrogens with zero attached hydrogens (tertiary/aromatic N) is 2. The molecule has 20 heavy (non-hydrogen) atoms. The van der Waals surface area contributed by atoms with Crippen molar-refractivity contribution in [1.82, 2.24) is 9.88 Å². The van der Waals surface area contributed by atoms with Gasteiger partial charge in [0.05, 0.1) is 11.3 Å². The number of para-hydroxylation sites is 1. The molecule has 0 amide bonds. The zero-order valence-electron chi connectivity index (χ0n) is 11.7. The van der Waals surface area contributed by atoms with Gasteiger partial charge in [0.2, 0.25) is 0 Å². The number of aromatic nitrogens is 1. The third-order valence-electron chi connectivity index (χ3n) is 3.12. The highest BCUT2D eigenvalue weighted by atomic mass is 32.2. The van der Waals surface area contributed by atoms with Gasteiger partial charge in [-0.15, -0.1) is 0 Å². The van der Waals surface area contributed by atoms with Gasteiger partial charge in [0, 0.05) is 30.3 Å². The minimum absolute atomic E-state index is 0.143. The molecule has 0 bridgehead atoms. The molecule has 2 N–H and O–H groups in total. The van der Waals surface area contributed by atoms with E-state index in [4.69, 9.17) is 5.73 Å². The van der Waals surface area contributed by atoms with Crippen LogP contribution in [0.2, 0.25) is 0 Å². The summed E-state index contributed by atoms with van der Waals surface area (Å²) in [5.74, 6) is 0.639. The number of hydrogen-bond donors (Lipinski definition) is 1. The first-order chi connectivity index (χ1) is 9.35. The Labute approximate surface area is 119 Å². The second-order valence-corrected chi connectivity index (χ2v) is 7.35. The summed E-state index contributed by atoms with van der Waals surface area (Å²) in [6.45, 7) is 1.06. The smallest absolute Gasteiger partial charge is 0.148 e. The van der Waals surface area contributed by atoms with Crippen molar-refractivity contribution in [3.05, 3.63) is 35.9 Å². The molecule has 1 aromatic carbocycles. The van der Waals surface area contributed by atoms with E-state index in [9.17, 15) is 8.42 Å². The third-order valence-corrected chi connectivity index (χ3v) is 4.04. The highest BCUT2D eigenvalue weighted by Crippen LogP contribution is 2.19. The van der Waals surface area contributed by atoms with Gasteiger partial charge in [-0.25, -0.2) is 13.4 Å². The van der Waals surface area contributed by atoms with Gasteiger partial charge in [-0.1, -0.05) is 18.2 Å². The Hall–Kier alpha value is -1.66. The first-order valence-electron chi connectivity index (χ1n) is 6.35. The predicted molar refractivity (Wildman–Crippen MR) is 82.2 cm³/mol. The lowest BCUT2D eigenvalue weighted by Gasteiger charge is -2.17. The van der Waals surface area contributed by atoms with Crippen molar-refractivity contribution in [2.45, 2.75) is 6.54 Å². The van der Waals surface area contributed by atoms with Crippen molar-refractivity contribution >= 4 is 26.6 Å². The molecule has 5 nitrogen and oxygen atoms in total. The second kappa shape index (κ2) is 5.76. The van der Waals surface area contributed by atoms with E-state index in [2.05, 4.69) is 4.98 Å². The zero-order valence-corrected chi connectivity index (χ0v) is 12.5. The van der Waals surface area contributed by atoms with Crippen LogP contribution < -0.4 is 5.73 Å². The molecule has 108 valence electrons. The van der Waals surface area contributed by atoms with Gasteiger partial charge >= 0.3 is 0 Å². The van der Waals surface area contributed by atoms with E-state index >= 15 is 0 Å². The van der Waals surface area contributed by atoms with E-state index in [1.54, 1.807) is 0 Å². The lowest BCUT2D eigenvalue weighted by Crippen LogP contribution is -2.25. The maximum absolute atomic E-state index is 11.2. The molecule has 1 heterocycles. The Kier molecular flexibility index (Phi) is 4.25. The maximum atomic E-state index is 11.2. The number of benzene rings is 1. The Bertz CT molecular complexity index is 713. The number of pyridine rings is 1. The average molecular weight is 293 g/mol. The quantitative estimate of drug-likeness (QED) is 0.899. The van der Waals surface area contributed by atoms with Crippen molar-refractivity contribution in [3.63, 3.8) is 0 Å². The zero-order chi connectivity index (χ0) is 14.8. The molecule has 2 rings (SSSR count). The highest BCUT2D eigenvalue weighted by Gasteiger charge is 2.09. The monoisotopic (exact) mass is 293 g/mol. The van der Waals surface area contributed by atoms with Crippen LogP contribution >= 0.6 is 0 Å². The summed E-state index contributed by atoms with van der Waals surface area (Å²) in [4.78, 5) is 6.30. The molecule has 2 aromatic rings. The van der Waals surface area contributed by atoms with Crippen molar-refractivity contribution < 1.29 is 8.42 Å². The summed E-state index contributed by atoms with van der Waals surface area (Å²) in [6.07, 6.45) is 1.24. The second-order valence-electron chi connectivity index (χ2n) is 5.09. The first-order valence-corrected chi connectivity index (χ1v) is 8.41. The number of anilines is 1. The molecule has 0 aliphatic rings. The predicted octanol–water partition coefficient (Wildman–Crippen LogP) is 1.29. The normalized spacial score (nSPS) is 12.2.